The lowest BCUT2D eigenvalue weighted by Crippen LogP contribution is -2.53. The van der Waals surface area contributed by atoms with Crippen molar-refractivity contribution in [1.82, 2.24) is 19.0 Å². The summed E-state index contributed by atoms with van der Waals surface area (Å²) in [5, 5.41) is 3.68. The molecule has 0 spiro atoms. The molecule has 0 bridgehead atoms. The van der Waals surface area contributed by atoms with Gasteiger partial charge in [0, 0.05) is 65.6 Å². The van der Waals surface area contributed by atoms with E-state index >= 15 is 0 Å². The Hall–Kier alpha value is -0.850. The summed E-state index contributed by atoms with van der Waals surface area (Å²) in [4.78, 5) is 16.8. The molecule has 0 unspecified atom stereocenters. The fraction of sp³-hybridized carbons (Fsp3) is 0.636. The molecular weight excluding hydrogens is 559 g/mol. The highest BCUT2D eigenvalue weighted by atomic mass is 127. The highest BCUT2D eigenvalue weighted by molar-refractivity contribution is 14.2. The van der Waals surface area contributed by atoms with Gasteiger partial charge >= 0.3 is 0 Å². The van der Waals surface area contributed by atoms with Crippen molar-refractivity contribution in [3.8, 4) is 0 Å². The van der Waals surface area contributed by atoms with Gasteiger partial charge in [-0.15, -0.1) is 0 Å². The van der Waals surface area contributed by atoms with E-state index < -0.39 is 15.3 Å². The highest BCUT2D eigenvalue weighted by Crippen LogP contribution is 2.40. The first kappa shape index (κ1) is 24.3. The highest BCUT2D eigenvalue weighted by Gasteiger charge is 2.43. The van der Waals surface area contributed by atoms with Crippen LogP contribution in [0.5, 0.6) is 0 Å². The van der Waals surface area contributed by atoms with Crippen molar-refractivity contribution in [2.24, 2.45) is 5.92 Å². The summed E-state index contributed by atoms with van der Waals surface area (Å²) in [6.45, 7) is 5.81. The lowest BCUT2D eigenvalue weighted by atomic mass is 9.82. The predicted molar refractivity (Wildman–Crippen MR) is 138 cm³/mol. The number of sulfonamides is 1. The third kappa shape index (κ3) is 5.28. The average Bonchev–Trinajstić information content (AvgIpc) is 3.04. The predicted octanol–water partition coefficient (Wildman–Crippen LogP) is 4.52. The summed E-state index contributed by atoms with van der Waals surface area (Å²) in [7, 11) is -1.79. The molecule has 2 aliphatic carbocycles. The normalized spacial score (nSPS) is 26.6. The lowest BCUT2D eigenvalue weighted by Gasteiger charge is -2.37. The molecule has 4 rings (SSSR count). The van der Waals surface area contributed by atoms with Crippen LogP contribution in [0.2, 0.25) is 0 Å². The molecule has 176 valence electrons. The standard InChI is InChI=1S/C22H31IN4O3S2/c1-22(2,3)25-21(28)15-11-17(12-15)32(29,30)26-16-8-6-14(7-9-16)19-13-27(31-23)20-18(19)5-4-10-24-20/h4-5,10,13-17,26H,6-9,11-12H2,1-3H3,(H,25,28). The topological polar surface area (TPSA) is 93.1 Å². The molecule has 7 nitrogen and oxygen atoms in total. The zero-order chi connectivity index (χ0) is 23.1. The van der Waals surface area contributed by atoms with Crippen molar-refractivity contribution >= 4 is 57.3 Å². The molecule has 0 atom stereocenters. The summed E-state index contributed by atoms with van der Waals surface area (Å²) >= 11 is 2.27. The molecule has 2 aliphatic rings. The average molecular weight is 591 g/mol. The van der Waals surface area contributed by atoms with Crippen LogP contribution in [-0.2, 0) is 14.8 Å². The Morgan fingerprint density at radius 2 is 1.91 bits per heavy atom. The lowest BCUT2D eigenvalue weighted by molar-refractivity contribution is -0.128. The Bertz CT molecular complexity index is 1080. The van der Waals surface area contributed by atoms with Crippen LogP contribution in [0.1, 0.15) is 70.8 Å². The zero-order valence-electron chi connectivity index (χ0n) is 18.7. The summed E-state index contributed by atoms with van der Waals surface area (Å²) in [6, 6.07) is 4.07. The third-order valence-corrected chi connectivity index (χ3v) is 10.2. The number of aromatic nitrogens is 2. The van der Waals surface area contributed by atoms with Crippen LogP contribution < -0.4 is 10.0 Å². The van der Waals surface area contributed by atoms with Crippen LogP contribution in [0.3, 0.4) is 0 Å². The minimum Gasteiger partial charge on any atom is -0.351 e. The Labute approximate surface area is 206 Å². The second-order valence-electron chi connectivity index (χ2n) is 10.1. The van der Waals surface area contributed by atoms with Gasteiger partial charge in [0.05, 0.1) is 5.25 Å². The summed E-state index contributed by atoms with van der Waals surface area (Å²) in [6.07, 6.45) is 8.38. The molecule has 2 aromatic heterocycles. The van der Waals surface area contributed by atoms with Crippen molar-refractivity contribution in [2.75, 3.05) is 0 Å². The molecule has 2 aromatic rings. The van der Waals surface area contributed by atoms with E-state index in [2.05, 4.69) is 52.5 Å². The SMILES string of the molecule is CC(C)(C)NC(=O)C1CC(S(=O)(=O)NC2CCC(c3cn(SI)c4ncccc34)CC2)C1. The number of carbonyl (C=O) groups is 1. The van der Waals surface area contributed by atoms with Gasteiger partial charge < -0.3 is 5.32 Å². The van der Waals surface area contributed by atoms with Crippen molar-refractivity contribution in [3.05, 3.63) is 30.1 Å². The molecule has 2 saturated carbocycles. The Kier molecular flexibility index (Phi) is 7.15. The fourth-order valence-electron chi connectivity index (χ4n) is 4.79. The molecule has 0 saturated heterocycles. The number of hydrogen-bond donors (Lipinski definition) is 2. The summed E-state index contributed by atoms with van der Waals surface area (Å²) in [5.74, 6) is 0.178. The first-order chi connectivity index (χ1) is 15.1. The van der Waals surface area contributed by atoms with E-state index in [1.54, 1.807) is 9.12 Å². The van der Waals surface area contributed by atoms with Crippen LogP contribution in [0.4, 0.5) is 0 Å². The summed E-state index contributed by atoms with van der Waals surface area (Å²) in [5.41, 5.74) is 2.00. The van der Waals surface area contributed by atoms with Gasteiger partial charge in [0.25, 0.3) is 0 Å². The van der Waals surface area contributed by atoms with Crippen LogP contribution in [0.15, 0.2) is 24.5 Å². The zero-order valence-corrected chi connectivity index (χ0v) is 22.5. The Morgan fingerprint density at radius 1 is 1.22 bits per heavy atom. The molecule has 2 fully saturated rings. The number of amides is 1. The van der Waals surface area contributed by atoms with Crippen molar-refractivity contribution in [3.63, 3.8) is 0 Å². The van der Waals surface area contributed by atoms with E-state index in [0.29, 0.717) is 18.8 Å². The quantitative estimate of drug-likeness (QED) is 0.483. The van der Waals surface area contributed by atoms with Gasteiger partial charge in [-0.2, -0.15) is 0 Å². The Morgan fingerprint density at radius 3 is 2.53 bits per heavy atom. The maximum atomic E-state index is 12.8. The molecule has 0 aliphatic heterocycles. The van der Waals surface area contributed by atoms with Gasteiger partial charge in [-0.3, -0.25) is 8.77 Å². The number of pyridine rings is 1. The van der Waals surface area contributed by atoms with E-state index in [1.165, 1.54) is 10.9 Å². The van der Waals surface area contributed by atoms with Crippen molar-refractivity contribution in [1.29, 1.82) is 0 Å². The molecule has 1 amide bonds. The third-order valence-electron chi connectivity index (χ3n) is 6.54. The number of fused-ring (bicyclic) bond motifs is 1. The largest absolute Gasteiger partial charge is 0.351 e. The molecule has 32 heavy (non-hydrogen) atoms. The Balaban J connectivity index is 1.31. The minimum atomic E-state index is -3.40. The van der Waals surface area contributed by atoms with Crippen LogP contribution >= 0.6 is 30.3 Å². The molecule has 2 heterocycles. The number of rotatable bonds is 6. The van der Waals surface area contributed by atoms with Crippen LogP contribution in [-0.4, -0.2) is 40.1 Å². The minimum absolute atomic E-state index is 0.0240. The van der Waals surface area contributed by atoms with Gasteiger partial charge in [-0.25, -0.2) is 18.1 Å². The number of nitrogens with zero attached hydrogens (tertiary/aromatic N) is 2. The monoisotopic (exact) mass is 590 g/mol. The number of nitrogens with one attached hydrogen (secondary N) is 2. The first-order valence-corrected chi connectivity index (χ1v) is 16.0. The van der Waals surface area contributed by atoms with E-state index in [-0.39, 0.29) is 23.4 Å². The van der Waals surface area contributed by atoms with Gasteiger partial charge in [0.15, 0.2) is 5.65 Å². The molecule has 0 radical (unpaired) electrons. The molecule has 0 aromatic carbocycles. The van der Waals surface area contributed by atoms with Gasteiger partial charge in [0.2, 0.25) is 15.9 Å². The van der Waals surface area contributed by atoms with E-state index in [9.17, 15) is 13.2 Å². The summed E-state index contributed by atoms with van der Waals surface area (Å²) < 4.78 is 30.7. The number of carbonyl (C=O) groups excluding carboxylic acids is 1. The fourth-order valence-corrected chi connectivity index (χ4v) is 7.92. The maximum Gasteiger partial charge on any atom is 0.223 e. The van der Waals surface area contributed by atoms with Crippen molar-refractivity contribution < 1.29 is 13.2 Å². The van der Waals surface area contributed by atoms with Gasteiger partial charge in [-0.1, -0.05) is 0 Å². The molecular formula is C22H31IN4O3S2. The van der Waals surface area contributed by atoms with Gasteiger partial charge in [0.1, 0.15) is 0 Å². The van der Waals surface area contributed by atoms with E-state index in [1.807, 2.05) is 33.0 Å². The van der Waals surface area contributed by atoms with E-state index in [4.69, 9.17) is 0 Å². The van der Waals surface area contributed by atoms with Gasteiger partial charge in [-0.05, 0) is 82.9 Å². The smallest absolute Gasteiger partial charge is 0.223 e. The van der Waals surface area contributed by atoms with Crippen LogP contribution in [0, 0.1) is 5.92 Å². The van der Waals surface area contributed by atoms with Crippen molar-refractivity contribution in [2.45, 2.75) is 82.0 Å². The molecule has 10 heteroatoms. The number of halogens is 1. The molecule has 2 N–H and O–H groups in total. The second kappa shape index (κ2) is 9.42. The maximum absolute atomic E-state index is 12.8. The van der Waals surface area contributed by atoms with Crippen LogP contribution in [0.25, 0.3) is 11.0 Å². The second-order valence-corrected chi connectivity index (χ2v) is 13.8. The number of hydrogen-bond acceptors (Lipinski definition) is 5. The first-order valence-electron chi connectivity index (χ1n) is 11.2. The van der Waals surface area contributed by atoms with E-state index in [0.717, 1.165) is 31.3 Å².